The Kier molecular flexibility index (Phi) is 5.11. The van der Waals surface area contributed by atoms with Crippen LogP contribution in [-0.2, 0) is 9.53 Å². The van der Waals surface area contributed by atoms with Gasteiger partial charge in [-0.15, -0.1) is 11.3 Å². The number of aliphatic hydroxyl groups is 1. The molecule has 0 aromatic carbocycles. The maximum Gasteiger partial charge on any atom is 0.421 e. The molecule has 88 valence electrons. The van der Waals surface area contributed by atoms with Crippen molar-refractivity contribution >= 4 is 23.0 Å². The molecule has 0 bridgehead atoms. The Hall–Kier alpha value is -1.93. The van der Waals surface area contributed by atoms with Crippen molar-refractivity contribution in [1.82, 2.24) is 0 Å². The molecular weight excluding hydrogens is 240 g/mol. The fraction of sp³-hybridized carbons (Fsp3) is 0.273. The second-order valence-corrected chi connectivity index (χ2v) is 3.80. The molecule has 1 atom stereocenters. The molecule has 0 aliphatic carbocycles. The second kappa shape index (κ2) is 6.61. The minimum absolute atomic E-state index is 0.128. The van der Waals surface area contributed by atoms with Gasteiger partial charge in [0.1, 0.15) is 0 Å². The van der Waals surface area contributed by atoms with Crippen LogP contribution >= 0.6 is 11.3 Å². The highest BCUT2D eigenvalue weighted by molar-refractivity contribution is 7.10. The number of ether oxygens (including phenoxy) is 1. The van der Waals surface area contributed by atoms with E-state index in [9.17, 15) is 9.90 Å². The molecule has 0 fully saturated rings. The highest BCUT2D eigenvalue weighted by atomic mass is 32.1. The zero-order chi connectivity index (χ0) is 12.7. The van der Waals surface area contributed by atoms with Crippen molar-refractivity contribution in [2.45, 2.75) is 13.0 Å². The summed E-state index contributed by atoms with van der Waals surface area (Å²) in [4.78, 5) is 14.7. The molecule has 0 saturated carbocycles. The molecule has 0 spiro atoms. The Labute approximate surface area is 102 Å². The first-order valence-electron chi connectivity index (χ1n) is 4.81. The van der Waals surface area contributed by atoms with E-state index < -0.39 is 17.8 Å². The summed E-state index contributed by atoms with van der Waals surface area (Å²) in [6.07, 6.45) is -1.47. The third-order valence-electron chi connectivity index (χ3n) is 1.70. The van der Waals surface area contributed by atoms with E-state index in [0.29, 0.717) is 0 Å². The highest BCUT2D eigenvalue weighted by Gasteiger charge is 2.29. The third kappa shape index (κ3) is 3.85. The summed E-state index contributed by atoms with van der Waals surface area (Å²) >= 11 is 1.40. The van der Waals surface area contributed by atoms with Crippen molar-refractivity contribution in [2.75, 3.05) is 6.61 Å². The molecule has 1 aromatic rings. The Morgan fingerprint density at radius 1 is 1.76 bits per heavy atom. The molecule has 1 aromatic heterocycles. The number of nitrogens with zero attached hydrogens (tertiary/aromatic N) is 2. The molecule has 1 N–H and O–H groups in total. The maximum absolute atomic E-state index is 11.2. The number of carbonyl (C=O) groups is 1. The zero-order valence-electron chi connectivity index (χ0n) is 9.08. The average molecular weight is 250 g/mol. The SMILES string of the molecule is CCOC(=O)C(=[N+]=[N-])C(O)C#Cc1cccs1. The Bertz CT molecular complexity index is 493. The molecule has 0 aliphatic rings. The average Bonchev–Trinajstić information content (AvgIpc) is 2.80. The van der Waals surface area contributed by atoms with Gasteiger partial charge in [0.25, 0.3) is 0 Å². The summed E-state index contributed by atoms with van der Waals surface area (Å²) < 4.78 is 4.60. The maximum atomic E-state index is 11.2. The van der Waals surface area contributed by atoms with Gasteiger partial charge >= 0.3 is 11.7 Å². The van der Waals surface area contributed by atoms with E-state index in [1.807, 2.05) is 11.4 Å². The molecule has 0 amide bonds. The smallest absolute Gasteiger partial charge is 0.421 e. The second-order valence-electron chi connectivity index (χ2n) is 2.85. The van der Waals surface area contributed by atoms with Crippen LogP contribution in [0, 0.1) is 11.8 Å². The van der Waals surface area contributed by atoms with Crippen LogP contribution in [0.1, 0.15) is 11.8 Å². The molecule has 0 saturated heterocycles. The molecule has 1 rings (SSSR count). The summed E-state index contributed by atoms with van der Waals surface area (Å²) in [6, 6.07) is 3.58. The third-order valence-corrected chi connectivity index (χ3v) is 2.49. The summed E-state index contributed by atoms with van der Waals surface area (Å²) in [5.74, 6) is 4.17. The number of hydrogen-bond acceptors (Lipinski definition) is 4. The fourth-order valence-electron chi connectivity index (χ4n) is 0.970. The van der Waals surface area contributed by atoms with Gasteiger partial charge in [0, 0.05) is 0 Å². The van der Waals surface area contributed by atoms with E-state index in [1.54, 1.807) is 13.0 Å². The van der Waals surface area contributed by atoms with Gasteiger partial charge in [0.2, 0.25) is 6.10 Å². The van der Waals surface area contributed by atoms with Crippen LogP contribution in [-0.4, -0.2) is 34.3 Å². The normalized spacial score (nSPS) is 10.7. The van der Waals surface area contributed by atoms with E-state index in [2.05, 4.69) is 21.4 Å². The molecule has 0 radical (unpaired) electrons. The van der Waals surface area contributed by atoms with Crippen LogP contribution in [0.2, 0.25) is 0 Å². The van der Waals surface area contributed by atoms with Gasteiger partial charge in [0.05, 0.1) is 11.5 Å². The van der Waals surface area contributed by atoms with Crippen LogP contribution in [0.3, 0.4) is 0 Å². The quantitative estimate of drug-likeness (QED) is 0.282. The number of carbonyl (C=O) groups excluding carboxylic acids is 1. The van der Waals surface area contributed by atoms with Crippen LogP contribution in [0.5, 0.6) is 0 Å². The number of hydrogen-bond donors (Lipinski definition) is 1. The number of esters is 1. The lowest BCUT2D eigenvalue weighted by Crippen LogP contribution is -2.30. The van der Waals surface area contributed by atoms with E-state index in [1.165, 1.54) is 11.3 Å². The van der Waals surface area contributed by atoms with Crippen molar-refractivity contribution in [1.29, 1.82) is 0 Å². The van der Waals surface area contributed by atoms with E-state index in [0.717, 1.165) is 4.88 Å². The standard InChI is InChI=1S/C11H10N2O3S/c1-2-16-11(15)10(13-12)9(14)6-5-8-4-3-7-17-8/h3-4,7,9,14H,2H2,1H3. The zero-order valence-corrected chi connectivity index (χ0v) is 9.90. The van der Waals surface area contributed by atoms with Crippen LogP contribution in [0.4, 0.5) is 0 Å². The predicted octanol–water partition coefficient (Wildman–Crippen LogP) is 0.694. The number of thiophene rings is 1. The van der Waals surface area contributed by atoms with Crippen LogP contribution in [0.15, 0.2) is 17.5 Å². The van der Waals surface area contributed by atoms with Crippen molar-refractivity contribution in [2.24, 2.45) is 0 Å². The molecular formula is C11H10N2O3S. The minimum Gasteiger partial charge on any atom is -0.457 e. The van der Waals surface area contributed by atoms with Gasteiger partial charge in [-0.2, -0.15) is 4.79 Å². The van der Waals surface area contributed by atoms with Crippen LogP contribution in [0.25, 0.3) is 5.53 Å². The van der Waals surface area contributed by atoms with Crippen LogP contribution < -0.4 is 0 Å². The van der Waals surface area contributed by atoms with Gasteiger partial charge in [-0.25, -0.2) is 4.79 Å². The van der Waals surface area contributed by atoms with Gasteiger partial charge in [-0.1, -0.05) is 17.9 Å². The van der Waals surface area contributed by atoms with E-state index in [4.69, 9.17) is 5.53 Å². The first kappa shape index (κ1) is 13.1. The monoisotopic (exact) mass is 250 g/mol. The first-order valence-corrected chi connectivity index (χ1v) is 5.69. The summed E-state index contributed by atoms with van der Waals surface area (Å²) in [5, 5.41) is 11.4. The molecule has 0 aliphatic heterocycles. The van der Waals surface area contributed by atoms with E-state index in [-0.39, 0.29) is 6.61 Å². The van der Waals surface area contributed by atoms with Gasteiger partial charge in [0.15, 0.2) is 0 Å². The lowest BCUT2D eigenvalue weighted by Gasteiger charge is -1.98. The van der Waals surface area contributed by atoms with E-state index >= 15 is 0 Å². The predicted molar refractivity (Wildman–Crippen MR) is 62.5 cm³/mol. The Balaban J connectivity index is 2.78. The topological polar surface area (TPSA) is 82.9 Å². The minimum atomic E-state index is -1.47. The van der Waals surface area contributed by atoms with Gasteiger partial charge in [-0.3, -0.25) is 0 Å². The summed E-state index contributed by atoms with van der Waals surface area (Å²) in [5.41, 5.74) is 8.09. The Morgan fingerprint density at radius 2 is 2.53 bits per heavy atom. The summed E-state index contributed by atoms with van der Waals surface area (Å²) in [6.45, 7) is 1.74. The lowest BCUT2D eigenvalue weighted by molar-refractivity contribution is -0.140. The van der Waals surface area contributed by atoms with Crippen molar-refractivity contribution in [3.05, 3.63) is 27.9 Å². The molecule has 17 heavy (non-hydrogen) atoms. The Morgan fingerprint density at radius 3 is 3.06 bits per heavy atom. The van der Waals surface area contributed by atoms with Crippen molar-refractivity contribution in [3.63, 3.8) is 0 Å². The number of aliphatic hydroxyl groups excluding tert-OH is 1. The molecule has 1 unspecified atom stereocenters. The first-order chi connectivity index (χ1) is 8.19. The van der Waals surface area contributed by atoms with Gasteiger partial charge in [-0.05, 0) is 18.4 Å². The highest BCUT2D eigenvalue weighted by Crippen LogP contribution is 2.05. The molecule has 5 nitrogen and oxygen atoms in total. The van der Waals surface area contributed by atoms with Gasteiger partial charge < -0.3 is 15.4 Å². The molecule has 1 heterocycles. The molecule has 6 heteroatoms. The van der Waals surface area contributed by atoms with Crippen molar-refractivity contribution in [3.8, 4) is 11.8 Å². The van der Waals surface area contributed by atoms with Crippen molar-refractivity contribution < 1.29 is 19.4 Å². The lowest BCUT2D eigenvalue weighted by atomic mass is 10.2. The summed E-state index contributed by atoms with van der Waals surface area (Å²) in [7, 11) is 0. The number of rotatable bonds is 3. The largest absolute Gasteiger partial charge is 0.457 e. The fourth-order valence-corrected chi connectivity index (χ4v) is 1.55.